The quantitative estimate of drug-likeness (QED) is 0.513. The monoisotopic (exact) mass is 298 g/mol. The predicted molar refractivity (Wildman–Crippen MR) is 77.7 cm³/mol. The minimum atomic E-state index is 0.631. The van der Waals surface area contributed by atoms with E-state index in [0.29, 0.717) is 11.8 Å². The van der Waals surface area contributed by atoms with Gasteiger partial charge >= 0.3 is 0 Å². The minimum Gasteiger partial charge on any atom is -0.381 e. The average molecular weight is 299 g/mol. The van der Waals surface area contributed by atoms with Crippen molar-refractivity contribution in [1.82, 2.24) is 0 Å². The molecule has 1 unspecified atom stereocenters. The Balaban J connectivity index is 2.08. The Labute approximate surface area is 114 Å². The summed E-state index contributed by atoms with van der Waals surface area (Å²) in [5.74, 6) is 1.32. The van der Waals surface area contributed by atoms with Crippen molar-refractivity contribution in [2.24, 2.45) is 11.8 Å². The zero-order chi connectivity index (χ0) is 12.5. The summed E-state index contributed by atoms with van der Waals surface area (Å²) in [6, 6.07) is 10.6. The molecule has 0 radical (unpaired) electrons. The van der Waals surface area contributed by atoms with Gasteiger partial charge < -0.3 is 4.74 Å². The van der Waals surface area contributed by atoms with Gasteiger partial charge in [-0.25, -0.2) is 0 Å². The molecule has 0 bridgehead atoms. The van der Waals surface area contributed by atoms with Crippen molar-refractivity contribution in [3.8, 4) is 0 Å². The van der Waals surface area contributed by atoms with E-state index in [9.17, 15) is 0 Å². The Morgan fingerprint density at radius 3 is 2.47 bits per heavy atom. The lowest BCUT2D eigenvalue weighted by atomic mass is 9.99. The minimum absolute atomic E-state index is 0.631. The van der Waals surface area contributed by atoms with Crippen molar-refractivity contribution >= 4 is 15.9 Å². The molecule has 0 aliphatic rings. The number of rotatable bonds is 8. The van der Waals surface area contributed by atoms with Gasteiger partial charge in [-0.15, -0.1) is 0 Å². The SMILES string of the molecule is CC(C)C(CBr)COCCCc1ccccc1. The lowest BCUT2D eigenvalue weighted by molar-refractivity contribution is 0.0903. The van der Waals surface area contributed by atoms with E-state index in [4.69, 9.17) is 4.74 Å². The fourth-order valence-electron chi connectivity index (χ4n) is 1.67. The van der Waals surface area contributed by atoms with Crippen LogP contribution >= 0.6 is 15.9 Å². The molecule has 1 nitrogen and oxygen atoms in total. The maximum atomic E-state index is 5.74. The van der Waals surface area contributed by atoms with Crippen LogP contribution in [0.3, 0.4) is 0 Å². The average Bonchev–Trinajstić information content (AvgIpc) is 2.34. The van der Waals surface area contributed by atoms with Crippen LogP contribution in [0.25, 0.3) is 0 Å². The first-order valence-electron chi connectivity index (χ1n) is 6.41. The standard InChI is InChI=1S/C15H23BrO/c1-13(2)15(11-16)12-17-10-6-9-14-7-4-3-5-8-14/h3-5,7-8,13,15H,6,9-12H2,1-2H3. The van der Waals surface area contributed by atoms with Crippen molar-refractivity contribution in [2.75, 3.05) is 18.5 Å². The van der Waals surface area contributed by atoms with E-state index < -0.39 is 0 Å². The molecular formula is C15H23BrO. The van der Waals surface area contributed by atoms with Crippen LogP contribution in [0.4, 0.5) is 0 Å². The highest BCUT2D eigenvalue weighted by Crippen LogP contribution is 2.14. The third-order valence-electron chi connectivity index (χ3n) is 3.07. The van der Waals surface area contributed by atoms with Gasteiger partial charge in [-0.1, -0.05) is 60.1 Å². The van der Waals surface area contributed by atoms with Gasteiger partial charge in [0.25, 0.3) is 0 Å². The van der Waals surface area contributed by atoms with Crippen LogP contribution in [0.5, 0.6) is 0 Å². The van der Waals surface area contributed by atoms with Gasteiger partial charge in [0.1, 0.15) is 0 Å². The van der Waals surface area contributed by atoms with Gasteiger partial charge in [0.15, 0.2) is 0 Å². The Bertz CT molecular complexity index is 284. The van der Waals surface area contributed by atoms with Gasteiger partial charge in [-0.05, 0) is 30.2 Å². The number of alkyl halides is 1. The molecule has 0 N–H and O–H groups in total. The highest BCUT2D eigenvalue weighted by molar-refractivity contribution is 9.09. The Kier molecular flexibility index (Phi) is 7.54. The molecule has 0 aliphatic carbocycles. The molecule has 96 valence electrons. The number of hydrogen-bond donors (Lipinski definition) is 0. The van der Waals surface area contributed by atoms with Crippen molar-refractivity contribution in [3.63, 3.8) is 0 Å². The molecule has 0 spiro atoms. The molecule has 0 saturated heterocycles. The lowest BCUT2D eigenvalue weighted by Crippen LogP contribution is -2.17. The maximum Gasteiger partial charge on any atom is 0.0504 e. The molecule has 0 amide bonds. The van der Waals surface area contributed by atoms with Crippen LogP contribution in [0, 0.1) is 11.8 Å². The van der Waals surface area contributed by atoms with E-state index in [1.165, 1.54) is 5.56 Å². The van der Waals surface area contributed by atoms with E-state index in [-0.39, 0.29) is 0 Å². The third-order valence-corrected chi connectivity index (χ3v) is 3.90. The normalized spacial score (nSPS) is 12.9. The number of halogens is 1. The zero-order valence-electron chi connectivity index (χ0n) is 10.9. The van der Waals surface area contributed by atoms with Crippen LogP contribution in [-0.4, -0.2) is 18.5 Å². The topological polar surface area (TPSA) is 9.23 Å². The van der Waals surface area contributed by atoms with Crippen LogP contribution in [0.15, 0.2) is 30.3 Å². The van der Waals surface area contributed by atoms with Gasteiger partial charge in [-0.2, -0.15) is 0 Å². The van der Waals surface area contributed by atoms with Gasteiger partial charge in [-0.3, -0.25) is 0 Å². The molecule has 0 aromatic heterocycles. The van der Waals surface area contributed by atoms with E-state index in [1.54, 1.807) is 0 Å². The Morgan fingerprint density at radius 1 is 1.18 bits per heavy atom. The number of aryl methyl sites for hydroxylation is 1. The van der Waals surface area contributed by atoms with Crippen molar-refractivity contribution in [3.05, 3.63) is 35.9 Å². The summed E-state index contributed by atoms with van der Waals surface area (Å²) >= 11 is 3.54. The molecule has 0 saturated carbocycles. The number of hydrogen-bond acceptors (Lipinski definition) is 1. The number of benzene rings is 1. The molecular weight excluding hydrogens is 276 g/mol. The second-order valence-corrected chi connectivity index (χ2v) is 5.47. The number of ether oxygens (including phenoxy) is 1. The molecule has 0 fully saturated rings. The summed E-state index contributed by atoms with van der Waals surface area (Å²) in [5.41, 5.74) is 1.40. The summed E-state index contributed by atoms with van der Waals surface area (Å²) in [4.78, 5) is 0. The second kappa shape index (κ2) is 8.71. The Morgan fingerprint density at radius 2 is 1.88 bits per heavy atom. The molecule has 1 atom stereocenters. The van der Waals surface area contributed by atoms with E-state index in [2.05, 4.69) is 60.1 Å². The third kappa shape index (κ3) is 6.23. The summed E-state index contributed by atoms with van der Waals surface area (Å²) in [6.07, 6.45) is 2.22. The van der Waals surface area contributed by atoms with Crippen LogP contribution in [0.1, 0.15) is 25.8 Å². The lowest BCUT2D eigenvalue weighted by Gasteiger charge is -2.17. The molecule has 0 aliphatic heterocycles. The fourth-order valence-corrected chi connectivity index (χ4v) is 2.61. The first kappa shape index (κ1) is 14.7. The highest BCUT2D eigenvalue weighted by atomic mass is 79.9. The van der Waals surface area contributed by atoms with Gasteiger partial charge in [0.2, 0.25) is 0 Å². The largest absolute Gasteiger partial charge is 0.381 e. The highest BCUT2D eigenvalue weighted by Gasteiger charge is 2.11. The smallest absolute Gasteiger partial charge is 0.0504 e. The van der Waals surface area contributed by atoms with E-state index >= 15 is 0 Å². The molecule has 2 heteroatoms. The fraction of sp³-hybridized carbons (Fsp3) is 0.600. The summed E-state index contributed by atoms with van der Waals surface area (Å²) in [7, 11) is 0. The zero-order valence-corrected chi connectivity index (χ0v) is 12.4. The summed E-state index contributed by atoms with van der Waals surface area (Å²) < 4.78 is 5.74. The molecule has 0 heterocycles. The van der Waals surface area contributed by atoms with Gasteiger partial charge in [0.05, 0.1) is 6.61 Å². The van der Waals surface area contributed by atoms with E-state index in [1.807, 2.05) is 0 Å². The Hall–Kier alpha value is -0.340. The predicted octanol–water partition coefficient (Wildman–Crippen LogP) is 4.30. The van der Waals surface area contributed by atoms with Gasteiger partial charge in [0, 0.05) is 11.9 Å². The summed E-state index contributed by atoms with van der Waals surface area (Å²) in [6.45, 7) is 6.24. The first-order chi connectivity index (χ1) is 8.24. The van der Waals surface area contributed by atoms with Crippen molar-refractivity contribution in [2.45, 2.75) is 26.7 Å². The molecule has 17 heavy (non-hydrogen) atoms. The van der Waals surface area contributed by atoms with Crippen LogP contribution < -0.4 is 0 Å². The van der Waals surface area contributed by atoms with Crippen LogP contribution in [-0.2, 0) is 11.2 Å². The van der Waals surface area contributed by atoms with Crippen molar-refractivity contribution < 1.29 is 4.74 Å². The molecule has 1 aromatic rings. The van der Waals surface area contributed by atoms with E-state index in [0.717, 1.165) is 31.4 Å². The van der Waals surface area contributed by atoms with Crippen LogP contribution in [0.2, 0.25) is 0 Å². The molecule has 1 aromatic carbocycles. The maximum absolute atomic E-state index is 5.74. The summed E-state index contributed by atoms with van der Waals surface area (Å²) in [5, 5.41) is 1.03. The first-order valence-corrected chi connectivity index (χ1v) is 7.53. The molecule has 1 rings (SSSR count). The van der Waals surface area contributed by atoms with Crippen molar-refractivity contribution in [1.29, 1.82) is 0 Å². The second-order valence-electron chi connectivity index (χ2n) is 4.82.